The molecule has 5 unspecified atom stereocenters. The second-order valence-corrected chi connectivity index (χ2v) is 17.5. The van der Waals surface area contributed by atoms with Crippen molar-refractivity contribution in [2.45, 2.75) is 153 Å². The summed E-state index contributed by atoms with van der Waals surface area (Å²) in [6, 6.07) is 0. The second kappa shape index (κ2) is 13.6. The van der Waals surface area contributed by atoms with Crippen molar-refractivity contribution in [3.8, 4) is 0 Å². The summed E-state index contributed by atoms with van der Waals surface area (Å²) in [5.74, 6) is -1.06. The number of aliphatic hydroxyl groups is 7. The Balaban J connectivity index is 1.34. The summed E-state index contributed by atoms with van der Waals surface area (Å²) in [6.45, 7) is 9.67. The van der Waals surface area contributed by atoms with Crippen LogP contribution in [0.3, 0.4) is 0 Å². The van der Waals surface area contributed by atoms with Gasteiger partial charge in [-0.15, -0.1) is 0 Å². The number of fused-ring (bicyclic) bond motifs is 5. The fraction of sp³-hybridized carbons (Fsp3) is 1.00. The Hall–Kier alpha value is -0.490. The van der Waals surface area contributed by atoms with Gasteiger partial charge >= 0.3 is 10.4 Å². The van der Waals surface area contributed by atoms with Gasteiger partial charge in [0.2, 0.25) is 0 Å². The molecule has 1 saturated heterocycles. The Kier molecular flexibility index (Phi) is 10.9. The quantitative estimate of drug-likeness (QED) is 0.151. The summed E-state index contributed by atoms with van der Waals surface area (Å²) in [5.41, 5.74) is -2.48. The van der Waals surface area contributed by atoms with Gasteiger partial charge in [-0.05, 0) is 91.8 Å². The first kappa shape index (κ1) is 37.8. The van der Waals surface area contributed by atoms with E-state index < -0.39 is 88.4 Å². The summed E-state index contributed by atoms with van der Waals surface area (Å²) in [7, 11) is -4.84. The van der Waals surface area contributed by atoms with Crippen molar-refractivity contribution in [3.63, 3.8) is 0 Å². The van der Waals surface area contributed by atoms with Gasteiger partial charge in [0.05, 0.1) is 36.6 Å². The van der Waals surface area contributed by atoms with E-state index in [1.54, 1.807) is 0 Å². The lowest BCUT2D eigenvalue weighted by molar-refractivity contribution is -0.314. The van der Waals surface area contributed by atoms with Gasteiger partial charge in [0.15, 0.2) is 6.29 Å². The molecule has 1 heterocycles. The molecule has 4 saturated carbocycles. The molecule has 47 heavy (non-hydrogen) atoms. The highest BCUT2D eigenvalue weighted by molar-refractivity contribution is 7.80. The maximum absolute atomic E-state index is 12.7. The van der Waals surface area contributed by atoms with Gasteiger partial charge in [0, 0.05) is 12.3 Å². The molecular weight excluding hydrogens is 636 g/mol. The van der Waals surface area contributed by atoms with Crippen molar-refractivity contribution >= 4 is 10.4 Å². The number of hydrogen-bond acceptors (Lipinski definition) is 12. The lowest BCUT2D eigenvalue weighted by Gasteiger charge is -2.66. The first-order valence-corrected chi connectivity index (χ1v) is 18.8. The Bertz CT molecular complexity index is 1200. The van der Waals surface area contributed by atoms with Crippen LogP contribution < -0.4 is 0 Å². The Morgan fingerprint density at radius 3 is 2.19 bits per heavy atom. The van der Waals surface area contributed by atoms with Crippen LogP contribution in [0.4, 0.5) is 0 Å². The van der Waals surface area contributed by atoms with Crippen molar-refractivity contribution in [3.05, 3.63) is 0 Å². The average Bonchev–Trinajstić information content (AvgIpc) is 3.25. The summed E-state index contributed by atoms with van der Waals surface area (Å²) in [4.78, 5) is 0. The highest BCUT2D eigenvalue weighted by Gasteiger charge is 2.71. The third-order valence-corrected chi connectivity index (χ3v) is 13.9. The van der Waals surface area contributed by atoms with Gasteiger partial charge in [-0.25, -0.2) is 4.18 Å². The number of rotatable bonds is 10. The standard InChI is InChI=1S/C33H58O13S/c1-16(2)22(44-30-28(39)27(38)26(37)24(15-34)45-30)7-6-17(3)19-13-21(36)29-32(19,5)11-9-25-31(4)10-8-18(35)12-20(31)23(14-33(25,29)40)46-47(41,42)43/h16-30,34-40H,6-15H2,1-5H3,(H,41,42,43)/t17-,18?,19-,20?,21?,22?,23?,24-,25-,26-,27+,28-,29-,30-,31+,32-,33+/m1/s1. The van der Waals surface area contributed by atoms with Crippen LogP contribution in [-0.2, 0) is 24.1 Å². The highest BCUT2D eigenvalue weighted by atomic mass is 32.3. The highest BCUT2D eigenvalue weighted by Crippen LogP contribution is 2.70. The SMILES string of the molecule is CC(C)C(CC[C@@H](C)[C@H]1CC(O)[C@@H]2[C@]1(C)CC[C@H]1[C@@]2(O)CC(OS(=O)(=O)O)C2CC(O)CC[C@@]21C)O[C@@H]1O[C@H](CO)[C@@H](O)[C@H](O)[C@H]1O. The molecule has 5 aliphatic rings. The fourth-order valence-corrected chi connectivity index (χ4v) is 11.7. The summed E-state index contributed by atoms with van der Waals surface area (Å²) in [6.07, 6.45) is -5.19. The van der Waals surface area contributed by atoms with E-state index >= 15 is 0 Å². The molecule has 0 aromatic heterocycles. The van der Waals surface area contributed by atoms with Crippen LogP contribution in [0.2, 0.25) is 0 Å². The van der Waals surface area contributed by atoms with Crippen LogP contribution >= 0.6 is 0 Å². The number of aliphatic hydroxyl groups excluding tert-OH is 6. The minimum Gasteiger partial charge on any atom is -0.394 e. The number of ether oxygens (including phenoxy) is 2. The van der Waals surface area contributed by atoms with Gasteiger partial charge in [-0.1, -0.05) is 34.6 Å². The lowest BCUT2D eigenvalue weighted by atomic mass is 9.42. The molecule has 17 atom stereocenters. The molecule has 14 heteroatoms. The van der Waals surface area contributed by atoms with Crippen LogP contribution in [0, 0.1) is 46.3 Å². The molecule has 5 rings (SSSR count). The Morgan fingerprint density at radius 1 is 0.915 bits per heavy atom. The van der Waals surface area contributed by atoms with E-state index in [2.05, 4.69) is 13.8 Å². The summed E-state index contributed by atoms with van der Waals surface area (Å²) < 4.78 is 50.6. The van der Waals surface area contributed by atoms with Gasteiger partial charge < -0.3 is 45.2 Å². The minimum atomic E-state index is -4.84. The largest absolute Gasteiger partial charge is 0.397 e. The summed E-state index contributed by atoms with van der Waals surface area (Å²) >= 11 is 0. The topological polar surface area (TPSA) is 224 Å². The van der Waals surface area contributed by atoms with Gasteiger partial charge in [0.25, 0.3) is 0 Å². The molecule has 0 aromatic rings. The molecule has 0 amide bonds. The molecule has 274 valence electrons. The molecular formula is C33H58O13S. The predicted molar refractivity (Wildman–Crippen MR) is 168 cm³/mol. The predicted octanol–water partition coefficient (Wildman–Crippen LogP) is 1.15. The maximum atomic E-state index is 12.7. The molecule has 1 aliphatic heterocycles. The van der Waals surface area contributed by atoms with Crippen molar-refractivity contribution in [1.82, 2.24) is 0 Å². The van der Waals surface area contributed by atoms with Crippen LogP contribution in [0.1, 0.15) is 92.4 Å². The monoisotopic (exact) mass is 694 g/mol. The van der Waals surface area contributed by atoms with E-state index in [-0.39, 0.29) is 42.1 Å². The van der Waals surface area contributed by atoms with Crippen LogP contribution in [0.5, 0.6) is 0 Å². The van der Waals surface area contributed by atoms with Crippen molar-refractivity contribution in [2.75, 3.05) is 6.61 Å². The Labute approximate surface area is 278 Å². The van der Waals surface area contributed by atoms with E-state index in [0.29, 0.717) is 44.9 Å². The van der Waals surface area contributed by atoms with E-state index in [9.17, 15) is 48.7 Å². The smallest absolute Gasteiger partial charge is 0.394 e. The molecule has 8 N–H and O–H groups in total. The third kappa shape index (κ3) is 6.81. The Morgan fingerprint density at radius 2 is 1.57 bits per heavy atom. The maximum Gasteiger partial charge on any atom is 0.397 e. The van der Waals surface area contributed by atoms with E-state index in [1.165, 1.54) is 0 Å². The van der Waals surface area contributed by atoms with E-state index in [4.69, 9.17) is 13.7 Å². The van der Waals surface area contributed by atoms with Crippen LogP contribution in [0.15, 0.2) is 0 Å². The number of hydrogen-bond donors (Lipinski definition) is 8. The van der Waals surface area contributed by atoms with Crippen molar-refractivity contribution in [1.29, 1.82) is 0 Å². The molecule has 0 spiro atoms. The first-order valence-electron chi connectivity index (χ1n) is 17.5. The zero-order valence-corrected chi connectivity index (χ0v) is 29.1. The van der Waals surface area contributed by atoms with E-state index in [1.807, 2.05) is 20.8 Å². The van der Waals surface area contributed by atoms with Crippen molar-refractivity contribution < 1.29 is 62.4 Å². The zero-order chi connectivity index (χ0) is 34.9. The first-order chi connectivity index (χ1) is 21.8. The summed E-state index contributed by atoms with van der Waals surface area (Å²) in [5, 5.41) is 75.4. The third-order valence-electron chi connectivity index (χ3n) is 13.5. The normalized spacial score (nSPS) is 50.0. The van der Waals surface area contributed by atoms with Gasteiger partial charge in [-0.3, -0.25) is 4.55 Å². The van der Waals surface area contributed by atoms with Gasteiger partial charge in [0.1, 0.15) is 24.4 Å². The van der Waals surface area contributed by atoms with E-state index in [0.717, 1.165) is 6.42 Å². The molecule has 5 fully saturated rings. The molecule has 0 bridgehead atoms. The van der Waals surface area contributed by atoms with Crippen molar-refractivity contribution in [2.24, 2.45) is 46.3 Å². The minimum absolute atomic E-state index is 0.00731. The lowest BCUT2D eigenvalue weighted by Crippen LogP contribution is -2.69. The molecule has 0 aromatic carbocycles. The van der Waals surface area contributed by atoms with Gasteiger partial charge in [-0.2, -0.15) is 8.42 Å². The molecule has 0 radical (unpaired) electrons. The van der Waals surface area contributed by atoms with Crippen LogP contribution in [0.25, 0.3) is 0 Å². The zero-order valence-electron chi connectivity index (χ0n) is 28.3. The fourth-order valence-electron chi connectivity index (χ4n) is 11.2. The van der Waals surface area contributed by atoms with Crippen LogP contribution in [-0.4, -0.2) is 116 Å². The second-order valence-electron chi connectivity index (χ2n) is 16.5. The average molecular weight is 695 g/mol. The molecule has 13 nitrogen and oxygen atoms in total. The molecule has 4 aliphatic carbocycles.